The highest BCUT2D eigenvalue weighted by molar-refractivity contribution is 9.10. The maximum absolute atomic E-state index is 13.9. The molecule has 1 aromatic rings. The van der Waals surface area contributed by atoms with Gasteiger partial charge in [0.05, 0.1) is 9.22 Å². The smallest absolute Gasteiger partial charge is 0.154 e. The van der Waals surface area contributed by atoms with Crippen LogP contribution in [0, 0.1) is 11.6 Å². The summed E-state index contributed by atoms with van der Waals surface area (Å²) in [5.74, 6) is 3.88. The average molecular weight is 371 g/mol. The van der Waals surface area contributed by atoms with Gasteiger partial charge in [0.25, 0.3) is 0 Å². The molecule has 1 rings (SSSR count). The molecule has 0 heterocycles. The number of halogens is 3. The summed E-state index contributed by atoms with van der Waals surface area (Å²) in [5.41, 5.74) is 2.13. The first-order valence-corrected chi connectivity index (χ1v) is 8.49. The van der Waals surface area contributed by atoms with E-state index in [-0.39, 0.29) is 16.5 Å². The van der Waals surface area contributed by atoms with Crippen molar-refractivity contribution in [1.29, 1.82) is 0 Å². The molecule has 0 amide bonds. The van der Waals surface area contributed by atoms with Gasteiger partial charge in [0.15, 0.2) is 9.84 Å². The second-order valence-corrected chi connectivity index (χ2v) is 8.57. The van der Waals surface area contributed by atoms with E-state index < -0.39 is 32.3 Å². The summed E-state index contributed by atoms with van der Waals surface area (Å²) in [6, 6.07) is 1.53. The number of nitrogens with one attached hydrogen (secondary N) is 1. The second kappa shape index (κ2) is 6.05. The molecule has 20 heavy (non-hydrogen) atoms. The Balaban J connectivity index is 3.23. The summed E-state index contributed by atoms with van der Waals surface area (Å²) in [6.07, 6.45) is 0.874. The molecule has 0 fully saturated rings. The number of nitrogens with two attached hydrogens (primary N) is 1. The number of hydrogen-bond acceptors (Lipinski definition) is 4. The van der Waals surface area contributed by atoms with Crippen LogP contribution in [0.2, 0.25) is 0 Å². The van der Waals surface area contributed by atoms with E-state index in [2.05, 4.69) is 21.4 Å². The van der Waals surface area contributed by atoms with Crippen molar-refractivity contribution in [3.05, 3.63) is 33.8 Å². The minimum atomic E-state index is -3.47. The largest absolute Gasteiger partial charge is 0.271 e. The van der Waals surface area contributed by atoms with Crippen LogP contribution in [-0.2, 0) is 16.3 Å². The molecule has 0 aliphatic rings. The van der Waals surface area contributed by atoms with Crippen LogP contribution < -0.4 is 11.3 Å². The average Bonchev–Trinajstić information content (AvgIpc) is 2.32. The van der Waals surface area contributed by atoms with Crippen molar-refractivity contribution in [3.8, 4) is 0 Å². The Kier molecular flexibility index (Phi) is 5.29. The standard InChI is InChI=1S/C12H17BrF2N2O2S/c1-12(2,20(3,18)19)10(17-16)6-7-9(14)5-4-8(13)11(7)15/h4-5,10,17H,6,16H2,1-3H3. The van der Waals surface area contributed by atoms with Gasteiger partial charge in [0.2, 0.25) is 0 Å². The lowest BCUT2D eigenvalue weighted by atomic mass is 9.95. The minimum absolute atomic E-state index is 0.113. The van der Waals surface area contributed by atoms with Gasteiger partial charge in [-0.15, -0.1) is 0 Å². The van der Waals surface area contributed by atoms with Crippen molar-refractivity contribution in [1.82, 2.24) is 5.43 Å². The molecule has 0 saturated carbocycles. The lowest BCUT2D eigenvalue weighted by molar-refractivity contribution is 0.401. The van der Waals surface area contributed by atoms with Gasteiger partial charge in [0.1, 0.15) is 11.6 Å². The topological polar surface area (TPSA) is 72.2 Å². The van der Waals surface area contributed by atoms with E-state index in [4.69, 9.17) is 5.84 Å². The quantitative estimate of drug-likeness (QED) is 0.471. The molecule has 0 aromatic heterocycles. The van der Waals surface area contributed by atoms with Crippen LogP contribution in [0.4, 0.5) is 8.78 Å². The van der Waals surface area contributed by atoms with Crippen molar-refractivity contribution in [2.45, 2.75) is 31.1 Å². The summed E-state index contributed by atoms with van der Waals surface area (Å²) in [7, 11) is -3.47. The Morgan fingerprint density at radius 2 is 1.95 bits per heavy atom. The number of benzene rings is 1. The van der Waals surface area contributed by atoms with E-state index in [0.29, 0.717) is 0 Å². The molecule has 0 aliphatic heterocycles. The Morgan fingerprint density at radius 3 is 2.40 bits per heavy atom. The van der Waals surface area contributed by atoms with Gasteiger partial charge >= 0.3 is 0 Å². The molecular weight excluding hydrogens is 354 g/mol. The van der Waals surface area contributed by atoms with Crippen LogP contribution in [0.5, 0.6) is 0 Å². The Labute approximate surface area is 125 Å². The van der Waals surface area contributed by atoms with Crippen molar-refractivity contribution in [3.63, 3.8) is 0 Å². The number of sulfone groups is 1. The van der Waals surface area contributed by atoms with Crippen molar-refractivity contribution in [2.24, 2.45) is 5.84 Å². The molecule has 4 nitrogen and oxygen atoms in total. The fourth-order valence-corrected chi connectivity index (χ4v) is 2.76. The maximum Gasteiger partial charge on any atom is 0.154 e. The molecule has 1 aromatic carbocycles. The Morgan fingerprint density at radius 1 is 1.40 bits per heavy atom. The zero-order valence-corrected chi connectivity index (χ0v) is 13.8. The van der Waals surface area contributed by atoms with Crippen LogP contribution in [0.25, 0.3) is 0 Å². The monoisotopic (exact) mass is 370 g/mol. The van der Waals surface area contributed by atoms with Gasteiger partial charge in [0, 0.05) is 17.9 Å². The van der Waals surface area contributed by atoms with Gasteiger partial charge in [-0.05, 0) is 48.3 Å². The minimum Gasteiger partial charge on any atom is -0.271 e. The summed E-state index contributed by atoms with van der Waals surface area (Å²) >= 11 is 2.97. The molecule has 114 valence electrons. The van der Waals surface area contributed by atoms with Crippen LogP contribution in [0.3, 0.4) is 0 Å². The van der Waals surface area contributed by atoms with Crippen LogP contribution >= 0.6 is 15.9 Å². The molecule has 0 aliphatic carbocycles. The Hall–Kier alpha value is -0.570. The summed E-state index contributed by atoms with van der Waals surface area (Å²) in [5, 5.41) is 0. The number of hydrazine groups is 1. The summed E-state index contributed by atoms with van der Waals surface area (Å²) in [6.45, 7) is 2.92. The lowest BCUT2D eigenvalue weighted by Gasteiger charge is -2.32. The molecule has 1 unspecified atom stereocenters. The maximum atomic E-state index is 13.9. The van der Waals surface area contributed by atoms with Crippen LogP contribution in [0.1, 0.15) is 19.4 Å². The molecule has 1 atom stereocenters. The third-order valence-electron chi connectivity index (χ3n) is 3.54. The van der Waals surface area contributed by atoms with Crippen molar-refractivity contribution >= 4 is 25.8 Å². The third-order valence-corrected chi connectivity index (χ3v) is 6.35. The lowest BCUT2D eigenvalue weighted by Crippen LogP contribution is -2.55. The fourth-order valence-electron chi connectivity index (χ4n) is 1.72. The predicted octanol–water partition coefficient (Wildman–Crippen LogP) is 1.92. The normalized spacial score (nSPS) is 14.3. The van der Waals surface area contributed by atoms with Crippen molar-refractivity contribution < 1.29 is 17.2 Å². The van der Waals surface area contributed by atoms with Crippen LogP contribution in [-0.4, -0.2) is 25.5 Å². The summed E-state index contributed by atoms with van der Waals surface area (Å²) in [4.78, 5) is 0. The highest BCUT2D eigenvalue weighted by atomic mass is 79.9. The van der Waals surface area contributed by atoms with E-state index in [1.807, 2.05) is 0 Å². The molecule has 0 saturated heterocycles. The van der Waals surface area contributed by atoms with E-state index in [1.54, 1.807) is 0 Å². The number of hydrogen-bond donors (Lipinski definition) is 2. The third kappa shape index (κ3) is 3.36. The fraction of sp³-hybridized carbons (Fsp3) is 0.500. The van der Waals surface area contributed by atoms with Gasteiger partial charge in [-0.3, -0.25) is 11.3 Å². The molecule has 0 bridgehead atoms. The predicted molar refractivity (Wildman–Crippen MR) is 77.8 cm³/mol. The van der Waals surface area contributed by atoms with E-state index >= 15 is 0 Å². The van der Waals surface area contributed by atoms with E-state index in [0.717, 1.165) is 12.3 Å². The van der Waals surface area contributed by atoms with E-state index in [9.17, 15) is 17.2 Å². The molecule has 3 N–H and O–H groups in total. The van der Waals surface area contributed by atoms with Gasteiger partial charge < -0.3 is 0 Å². The highest BCUT2D eigenvalue weighted by Gasteiger charge is 2.39. The molecule has 0 radical (unpaired) electrons. The second-order valence-electron chi connectivity index (χ2n) is 5.12. The zero-order valence-electron chi connectivity index (χ0n) is 11.4. The van der Waals surface area contributed by atoms with Gasteiger partial charge in [-0.25, -0.2) is 17.2 Å². The van der Waals surface area contributed by atoms with Gasteiger partial charge in [-0.2, -0.15) is 0 Å². The first-order valence-electron chi connectivity index (χ1n) is 5.80. The number of rotatable bonds is 5. The SMILES string of the molecule is CC(C)(C(Cc1c(F)ccc(Br)c1F)NN)S(C)(=O)=O. The zero-order chi connectivity index (χ0) is 15.7. The van der Waals surface area contributed by atoms with E-state index in [1.165, 1.54) is 19.9 Å². The molecule has 8 heteroatoms. The van der Waals surface area contributed by atoms with Gasteiger partial charge in [-0.1, -0.05) is 0 Å². The molecule has 0 spiro atoms. The van der Waals surface area contributed by atoms with Crippen LogP contribution in [0.15, 0.2) is 16.6 Å². The Bertz CT molecular complexity index is 606. The highest BCUT2D eigenvalue weighted by Crippen LogP contribution is 2.27. The van der Waals surface area contributed by atoms with Crippen molar-refractivity contribution in [2.75, 3.05) is 6.26 Å². The summed E-state index contributed by atoms with van der Waals surface area (Å²) < 4.78 is 50.1. The first-order chi connectivity index (χ1) is 9.02. The first kappa shape index (κ1) is 17.5. The molecular formula is C12H17BrF2N2O2S.